The number of amides is 1. The summed E-state index contributed by atoms with van der Waals surface area (Å²) in [4.78, 5) is 15.2. The van der Waals surface area contributed by atoms with Crippen LogP contribution in [0.25, 0.3) is 0 Å². The number of rotatable bonds is 4. The summed E-state index contributed by atoms with van der Waals surface area (Å²) < 4.78 is 0. The lowest BCUT2D eigenvalue weighted by Crippen LogP contribution is -2.49. The van der Waals surface area contributed by atoms with Crippen molar-refractivity contribution in [1.29, 1.82) is 5.26 Å². The fourth-order valence-electron chi connectivity index (χ4n) is 1.81. The van der Waals surface area contributed by atoms with E-state index < -0.39 is 6.61 Å². The van der Waals surface area contributed by atoms with E-state index in [4.69, 9.17) is 10.4 Å². The summed E-state index contributed by atoms with van der Waals surface area (Å²) >= 11 is 0. The molecule has 0 spiro atoms. The third-order valence-electron chi connectivity index (χ3n) is 3.22. The highest BCUT2D eigenvalue weighted by atomic mass is 16.3. The Labute approximate surface area is 103 Å². The minimum atomic E-state index is -0.401. The maximum Gasteiger partial charge on any atom is 0.248 e. The molecule has 0 aromatic rings. The van der Waals surface area contributed by atoms with E-state index in [0.29, 0.717) is 13.1 Å². The van der Waals surface area contributed by atoms with Gasteiger partial charge in [0.2, 0.25) is 5.91 Å². The molecule has 1 aliphatic rings. The van der Waals surface area contributed by atoms with Crippen molar-refractivity contribution < 1.29 is 9.90 Å². The van der Waals surface area contributed by atoms with Gasteiger partial charge >= 0.3 is 0 Å². The van der Waals surface area contributed by atoms with Crippen LogP contribution in [0.2, 0.25) is 0 Å². The van der Waals surface area contributed by atoms with Gasteiger partial charge in [0.1, 0.15) is 6.61 Å². The van der Waals surface area contributed by atoms with Crippen molar-refractivity contribution in [1.82, 2.24) is 9.80 Å². The van der Waals surface area contributed by atoms with Gasteiger partial charge in [0, 0.05) is 26.2 Å². The third kappa shape index (κ3) is 4.33. The summed E-state index contributed by atoms with van der Waals surface area (Å²) in [7, 11) is 0. The van der Waals surface area contributed by atoms with Gasteiger partial charge in [0.05, 0.1) is 11.5 Å². The largest absolute Gasteiger partial charge is 0.387 e. The molecule has 1 saturated heterocycles. The van der Waals surface area contributed by atoms with Crippen LogP contribution in [0.3, 0.4) is 0 Å². The third-order valence-corrected chi connectivity index (χ3v) is 3.22. The highest BCUT2D eigenvalue weighted by Crippen LogP contribution is 2.19. The monoisotopic (exact) mass is 239 g/mol. The van der Waals surface area contributed by atoms with Crippen molar-refractivity contribution in [3.8, 4) is 6.07 Å². The second-order valence-corrected chi connectivity index (χ2v) is 5.13. The molecular weight excluding hydrogens is 218 g/mol. The molecule has 0 radical (unpaired) electrons. The average Bonchev–Trinajstić information content (AvgIpc) is 2.36. The van der Waals surface area contributed by atoms with Gasteiger partial charge < -0.3 is 10.0 Å². The molecule has 1 fully saturated rings. The Morgan fingerprint density at radius 1 is 1.35 bits per heavy atom. The zero-order valence-corrected chi connectivity index (χ0v) is 10.6. The molecule has 0 unspecified atom stereocenters. The fraction of sp³-hybridized carbons (Fsp3) is 0.833. The molecule has 0 aromatic carbocycles. The van der Waals surface area contributed by atoms with Gasteiger partial charge in [-0.1, -0.05) is 0 Å². The summed E-state index contributed by atoms with van der Waals surface area (Å²) in [6.45, 7) is 7.37. The van der Waals surface area contributed by atoms with Crippen LogP contribution in [0.5, 0.6) is 0 Å². The van der Waals surface area contributed by atoms with Crippen LogP contribution in [-0.4, -0.2) is 60.1 Å². The molecule has 0 saturated carbocycles. The van der Waals surface area contributed by atoms with Crippen LogP contribution < -0.4 is 0 Å². The minimum absolute atomic E-state index is 0.193. The SMILES string of the molecule is CC(C)(C#N)CCN1CCN(C(=O)CO)CC1. The molecule has 17 heavy (non-hydrogen) atoms. The molecule has 0 bridgehead atoms. The van der Waals surface area contributed by atoms with Crippen molar-refractivity contribution in [2.45, 2.75) is 20.3 Å². The van der Waals surface area contributed by atoms with Crippen LogP contribution in [0.15, 0.2) is 0 Å². The van der Waals surface area contributed by atoms with E-state index >= 15 is 0 Å². The lowest BCUT2D eigenvalue weighted by molar-refractivity contribution is -0.135. The molecule has 0 aromatic heterocycles. The maximum atomic E-state index is 11.3. The number of piperazine rings is 1. The first kappa shape index (κ1) is 13.9. The molecule has 1 amide bonds. The quantitative estimate of drug-likeness (QED) is 0.753. The Hall–Kier alpha value is -1.12. The van der Waals surface area contributed by atoms with Gasteiger partial charge in [0.25, 0.3) is 0 Å². The number of carbonyl (C=O) groups is 1. The number of hydrogen-bond acceptors (Lipinski definition) is 4. The average molecular weight is 239 g/mol. The molecule has 0 aliphatic carbocycles. The summed E-state index contributed by atoms with van der Waals surface area (Å²) in [5.74, 6) is -0.193. The summed E-state index contributed by atoms with van der Waals surface area (Å²) in [5.41, 5.74) is -0.280. The highest BCUT2D eigenvalue weighted by Gasteiger charge is 2.23. The van der Waals surface area contributed by atoms with E-state index in [1.54, 1.807) is 4.90 Å². The smallest absolute Gasteiger partial charge is 0.248 e. The van der Waals surface area contributed by atoms with E-state index in [0.717, 1.165) is 26.1 Å². The Balaban J connectivity index is 2.29. The molecule has 0 atom stereocenters. The molecule has 1 N–H and O–H groups in total. The van der Waals surface area contributed by atoms with Crippen molar-refractivity contribution in [3.05, 3.63) is 0 Å². The number of carbonyl (C=O) groups excluding carboxylic acids is 1. The van der Waals surface area contributed by atoms with Crippen molar-refractivity contribution in [2.75, 3.05) is 39.3 Å². The predicted molar refractivity (Wildman–Crippen MR) is 64.1 cm³/mol. The van der Waals surface area contributed by atoms with Gasteiger partial charge in [-0.05, 0) is 26.8 Å². The first-order valence-electron chi connectivity index (χ1n) is 6.01. The number of hydrogen-bond donors (Lipinski definition) is 1. The second-order valence-electron chi connectivity index (χ2n) is 5.13. The number of nitriles is 1. The predicted octanol–water partition coefficient (Wildman–Crippen LogP) is 0.0628. The molecule has 5 heteroatoms. The lowest BCUT2D eigenvalue weighted by atomic mass is 9.91. The van der Waals surface area contributed by atoms with Gasteiger partial charge in [-0.2, -0.15) is 5.26 Å². The van der Waals surface area contributed by atoms with Crippen molar-refractivity contribution >= 4 is 5.91 Å². The number of aliphatic hydroxyl groups is 1. The van der Waals surface area contributed by atoms with Crippen LogP contribution in [0, 0.1) is 16.7 Å². The van der Waals surface area contributed by atoms with E-state index in [-0.39, 0.29) is 11.3 Å². The van der Waals surface area contributed by atoms with Crippen LogP contribution in [-0.2, 0) is 4.79 Å². The first-order valence-corrected chi connectivity index (χ1v) is 6.01. The molecular formula is C12H21N3O2. The molecule has 96 valence electrons. The topological polar surface area (TPSA) is 67.6 Å². The summed E-state index contributed by atoms with van der Waals surface area (Å²) in [5, 5.41) is 17.7. The Bertz CT molecular complexity index is 301. The maximum absolute atomic E-state index is 11.3. The van der Waals surface area contributed by atoms with E-state index in [1.165, 1.54) is 0 Å². The van der Waals surface area contributed by atoms with Crippen LogP contribution in [0.1, 0.15) is 20.3 Å². The standard InChI is InChI=1S/C12H21N3O2/c1-12(2,10-13)3-4-14-5-7-15(8-6-14)11(17)9-16/h16H,3-9H2,1-2H3. The summed E-state index contributed by atoms with van der Waals surface area (Å²) in [6.07, 6.45) is 0.845. The molecule has 1 aliphatic heterocycles. The normalized spacial score (nSPS) is 17.9. The van der Waals surface area contributed by atoms with Gasteiger partial charge in [-0.15, -0.1) is 0 Å². The Morgan fingerprint density at radius 3 is 2.41 bits per heavy atom. The first-order chi connectivity index (χ1) is 7.98. The zero-order chi connectivity index (χ0) is 12.9. The van der Waals surface area contributed by atoms with Gasteiger partial charge in [-0.3, -0.25) is 9.69 Å². The number of nitrogens with zero attached hydrogens (tertiary/aromatic N) is 3. The minimum Gasteiger partial charge on any atom is -0.387 e. The van der Waals surface area contributed by atoms with E-state index in [1.807, 2.05) is 13.8 Å². The van der Waals surface area contributed by atoms with Crippen molar-refractivity contribution in [2.24, 2.45) is 5.41 Å². The Kier molecular flexibility index (Phi) is 4.91. The second kappa shape index (κ2) is 5.99. The van der Waals surface area contributed by atoms with Gasteiger partial charge in [0.15, 0.2) is 0 Å². The lowest BCUT2D eigenvalue weighted by Gasteiger charge is -2.35. The highest BCUT2D eigenvalue weighted by molar-refractivity contribution is 5.77. The molecule has 1 rings (SSSR count). The van der Waals surface area contributed by atoms with Crippen molar-refractivity contribution in [3.63, 3.8) is 0 Å². The van der Waals surface area contributed by atoms with Crippen LogP contribution >= 0.6 is 0 Å². The van der Waals surface area contributed by atoms with Gasteiger partial charge in [-0.25, -0.2) is 0 Å². The number of aliphatic hydroxyl groups excluding tert-OH is 1. The molecule has 1 heterocycles. The zero-order valence-electron chi connectivity index (χ0n) is 10.6. The Morgan fingerprint density at radius 2 is 1.94 bits per heavy atom. The fourth-order valence-corrected chi connectivity index (χ4v) is 1.81. The summed E-state index contributed by atoms with van der Waals surface area (Å²) in [6, 6.07) is 2.29. The van der Waals surface area contributed by atoms with E-state index in [2.05, 4.69) is 11.0 Å². The molecule has 5 nitrogen and oxygen atoms in total. The van der Waals surface area contributed by atoms with E-state index in [9.17, 15) is 4.79 Å². The van der Waals surface area contributed by atoms with Crippen LogP contribution in [0.4, 0.5) is 0 Å².